The Kier molecular flexibility index (Phi) is 4.28. The molecule has 4 heterocycles. The topological polar surface area (TPSA) is 82.2 Å². The summed E-state index contributed by atoms with van der Waals surface area (Å²) in [6, 6.07) is 3.37. The summed E-state index contributed by atoms with van der Waals surface area (Å²) in [6.07, 6.45) is 2.50. The molecular weight excluding hydrogens is 346 g/mol. The van der Waals surface area contributed by atoms with E-state index in [0.29, 0.717) is 37.7 Å². The van der Waals surface area contributed by atoms with Crippen molar-refractivity contribution in [2.24, 2.45) is 5.92 Å². The molecule has 2 aromatic heterocycles. The van der Waals surface area contributed by atoms with Crippen LogP contribution in [0.25, 0.3) is 0 Å². The van der Waals surface area contributed by atoms with E-state index in [-0.39, 0.29) is 22.8 Å². The predicted molar refractivity (Wildman–Crippen MR) is 98.9 cm³/mol. The van der Waals surface area contributed by atoms with Gasteiger partial charge in [0.05, 0.1) is 25.0 Å². The van der Waals surface area contributed by atoms with Crippen LogP contribution in [0, 0.1) is 5.92 Å². The Balaban J connectivity index is 1.41. The van der Waals surface area contributed by atoms with Gasteiger partial charge in [0.15, 0.2) is 0 Å². The number of aromatic nitrogens is 4. The summed E-state index contributed by atoms with van der Waals surface area (Å²) in [5.41, 5.74) is 1.20. The Morgan fingerprint density at radius 2 is 2.07 bits per heavy atom. The lowest BCUT2D eigenvalue weighted by Crippen LogP contribution is -2.52. The molecule has 0 saturated carbocycles. The smallest absolute Gasteiger partial charge is 0.266 e. The first-order chi connectivity index (χ1) is 12.8. The van der Waals surface area contributed by atoms with Gasteiger partial charge in [-0.15, -0.1) is 0 Å². The first-order valence-corrected chi connectivity index (χ1v) is 9.39. The molecule has 1 amide bonds. The lowest BCUT2D eigenvalue weighted by molar-refractivity contribution is 0.0452. The third-order valence-corrected chi connectivity index (χ3v) is 5.09. The van der Waals surface area contributed by atoms with Crippen LogP contribution in [0.1, 0.15) is 43.2 Å². The van der Waals surface area contributed by atoms with Gasteiger partial charge in [0, 0.05) is 43.5 Å². The molecule has 0 spiro atoms. The van der Waals surface area contributed by atoms with E-state index >= 15 is 0 Å². The van der Waals surface area contributed by atoms with Crippen LogP contribution >= 0.6 is 0 Å². The van der Waals surface area contributed by atoms with Gasteiger partial charge in [-0.2, -0.15) is 10.2 Å². The highest BCUT2D eigenvalue weighted by molar-refractivity contribution is 5.96. The minimum Gasteiger partial charge on any atom is -0.477 e. The van der Waals surface area contributed by atoms with E-state index in [1.807, 2.05) is 0 Å². The number of carbonyl (C=O) groups excluding carboxylic acids is 1. The van der Waals surface area contributed by atoms with Crippen molar-refractivity contribution < 1.29 is 9.53 Å². The summed E-state index contributed by atoms with van der Waals surface area (Å²) in [6.45, 7) is 9.36. The molecule has 27 heavy (non-hydrogen) atoms. The van der Waals surface area contributed by atoms with Gasteiger partial charge in [-0.25, -0.2) is 9.36 Å². The molecule has 0 radical (unpaired) electrons. The van der Waals surface area contributed by atoms with Crippen molar-refractivity contribution in [2.45, 2.75) is 45.7 Å². The van der Waals surface area contributed by atoms with Crippen LogP contribution in [0.4, 0.5) is 0 Å². The van der Waals surface area contributed by atoms with Gasteiger partial charge in [0.25, 0.3) is 11.5 Å². The number of ether oxygens (including phenoxy) is 1. The van der Waals surface area contributed by atoms with Crippen LogP contribution in [-0.4, -0.2) is 50.1 Å². The quantitative estimate of drug-likeness (QED) is 0.812. The molecule has 1 fully saturated rings. The first-order valence-electron chi connectivity index (χ1n) is 9.39. The number of rotatable bonds is 3. The van der Waals surface area contributed by atoms with Crippen LogP contribution in [0.15, 0.2) is 23.1 Å². The molecule has 8 nitrogen and oxygen atoms in total. The summed E-state index contributed by atoms with van der Waals surface area (Å²) in [5.74, 6) is 0.741. The van der Waals surface area contributed by atoms with Crippen LogP contribution < -0.4 is 10.3 Å². The van der Waals surface area contributed by atoms with Crippen LogP contribution in [0.2, 0.25) is 0 Å². The molecule has 2 aliphatic heterocycles. The largest absolute Gasteiger partial charge is 0.477 e. The van der Waals surface area contributed by atoms with Crippen molar-refractivity contribution in [3.63, 3.8) is 0 Å². The van der Waals surface area contributed by atoms with E-state index in [1.54, 1.807) is 27.9 Å². The second-order valence-electron chi connectivity index (χ2n) is 8.35. The Bertz CT molecular complexity index is 918. The molecule has 2 aliphatic rings. The molecule has 0 aliphatic carbocycles. The molecule has 1 saturated heterocycles. The van der Waals surface area contributed by atoms with E-state index in [0.717, 1.165) is 18.7 Å². The molecule has 8 heteroatoms. The maximum absolute atomic E-state index is 12.7. The van der Waals surface area contributed by atoms with Gasteiger partial charge in [0.2, 0.25) is 5.88 Å². The Hall–Kier alpha value is -2.64. The number of likely N-dealkylation sites (tertiary alicyclic amines) is 1. The third-order valence-electron chi connectivity index (χ3n) is 5.09. The van der Waals surface area contributed by atoms with Gasteiger partial charge < -0.3 is 9.64 Å². The Morgan fingerprint density at radius 3 is 2.81 bits per heavy atom. The van der Waals surface area contributed by atoms with E-state index < -0.39 is 0 Å². The zero-order chi connectivity index (χ0) is 19.2. The molecule has 0 bridgehead atoms. The lowest BCUT2D eigenvalue weighted by Gasteiger charge is -2.39. The maximum Gasteiger partial charge on any atom is 0.266 e. The molecule has 4 rings (SSSR count). The fourth-order valence-electron chi connectivity index (χ4n) is 3.46. The number of amides is 1. The number of hydrogen-bond acceptors (Lipinski definition) is 5. The summed E-state index contributed by atoms with van der Waals surface area (Å²) in [7, 11) is 0. The SMILES string of the molecule is CC(C)(C)c1ccc(=O)n(CC2CN(C(=O)c3cnn4c3OCCC4)C2)n1. The minimum absolute atomic E-state index is 0.0573. The van der Waals surface area contributed by atoms with Crippen molar-refractivity contribution in [3.05, 3.63) is 39.9 Å². The number of hydrogen-bond donors (Lipinski definition) is 0. The van der Waals surface area contributed by atoms with Crippen LogP contribution in [-0.2, 0) is 18.5 Å². The third kappa shape index (κ3) is 3.36. The molecule has 0 atom stereocenters. The second kappa shape index (κ2) is 6.51. The second-order valence-corrected chi connectivity index (χ2v) is 8.35. The zero-order valence-corrected chi connectivity index (χ0v) is 16.0. The van der Waals surface area contributed by atoms with Crippen molar-refractivity contribution in [3.8, 4) is 5.88 Å². The fourth-order valence-corrected chi connectivity index (χ4v) is 3.46. The number of carbonyl (C=O) groups is 1. The Labute approximate surface area is 157 Å². The average molecular weight is 371 g/mol. The summed E-state index contributed by atoms with van der Waals surface area (Å²) < 4.78 is 8.89. The van der Waals surface area contributed by atoms with E-state index in [2.05, 4.69) is 31.0 Å². The monoisotopic (exact) mass is 371 g/mol. The summed E-state index contributed by atoms with van der Waals surface area (Å²) >= 11 is 0. The molecule has 0 aromatic carbocycles. The van der Waals surface area contributed by atoms with Crippen LogP contribution in [0.3, 0.4) is 0 Å². The summed E-state index contributed by atoms with van der Waals surface area (Å²) in [4.78, 5) is 26.6. The average Bonchev–Trinajstić information content (AvgIpc) is 3.01. The number of nitrogens with zero attached hydrogens (tertiary/aromatic N) is 5. The van der Waals surface area contributed by atoms with Gasteiger partial charge in [-0.3, -0.25) is 9.59 Å². The normalized spacial score (nSPS) is 17.2. The van der Waals surface area contributed by atoms with E-state index in [9.17, 15) is 9.59 Å². The zero-order valence-electron chi connectivity index (χ0n) is 16.0. The highest BCUT2D eigenvalue weighted by atomic mass is 16.5. The van der Waals surface area contributed by atoms with Crippen molar-refractivity contribution in [1.82, 2.24) is 24.5 Å². The molecular formula is C19H25N5O3. The van der Waals surface area contributed by atoms with E-state index in [4.69, 9.17) is 4.74 Å². The summed E-state index contributed by atoms with van der Waals surface area (Å²) in [5, 5.41) is 8.75. The maximum atomic E-state index is 12.7. The first kappa shape index (κ1) is 17.8. The van der Waals surface area contributed by atoms with Crippen molar-refractivity contribution in [1.29, 1.82) is 0 Å². The highest BCUT2D eigenvalue weighted by Crippen LogP contribution is 2.27. The lowest BCUT2D eigenvalue weighted by atomic mass is 9.92. The minimum atomic E-state index is -0.112. The highest BCUT2D eigenvalue weighted by Gasteiger charge is 2.35. The Morgan fingerprint density at radius 1 is 1.30 bits per heavy atom. The standard InChI is InChI=1S/C19H25N5O3/c1-19(2,3)15-5-6-16(25)24(21-15)12-13-10-22(11-13)17(26)14-9-20-23-7-4-8-27-18(14)23/h5-6,9,13H,4,7-8,10-12H2,1-3H3. The predicted octanol–water partition coefficient (Wildman–Crippen LogP) is 1.29. The van der Waals surface area contributed by atoms with Crippen molar-refractivity contribution in [2.75, 3.05) is 19.7 Å². The van der Waals surface area contributed by atoms with Gasteiger partial charge >= 0.3 is 0 Å². The number of fused-ring (bicyclic) bond motifs is 1. The van der Waals surface area contributed by atoms with E-state index in [1.165, 1.54) is 4.68 Å². The number of aryl methyl sites for hydroxylation is 1. The molecule has 2 aromatic rings. The van der Waals surface area contributed by atoms with Gasteiger partial charge in [-0.05, 0) is 6.07 Å². The molecule has 0 unspecified atom stereocenters. The van der Waals surface area contributed by atoms with Gasteiger partial charge in [-0.1, -0.05) is 20.8 Å². The van der Waals surface area contributed by atoms with Crippen LogP contribution in [0.5, 0.6) is 5.88 Å². The fraction of sp³-hybridized carbons (Fsp3) is 0.579. The molecule has 144 valence electrons. The van der Waals surface area contributed by atoms with Gasteiger partial charge in [0.1, 0.15) is 5.56 Å². The van der Waals surface area contributed by atoms with Crippen molar-refractivity contribution >= 4 is 5.91 Å². The molecule has 0 N–H and O–H groups in total.